The Balaban J connectivity index is 1.90. The van der Waals surface area contributed by atoms with E-state index in [0.29, 0.717) is 62.2 Å². The Bertz CT molecular complexity index is 611. The van der Waals surface area contributed by atoms with Crippen LogP contribution in [0.1, 0.15) is 32.4 Å². The number of aromatic nitrogens is 1. The number of nitrogens with zero attached hydrogens (tertiary/aromatic N) is 5. The third-order valence-corrected chi connectivity index (χ3v) is 4.79. The molecule has 0 bridgehead atoms. The first-order chi connectivity index (χ1) is 11.3. The summed E-state index contributed by atoms with van der Waals surface area (Å²) in [5.74, 6) is 1.68. The fraction of sp³-hybridized carbons (Fsp3) is 0.706. The molecular formula is C17H27N5O2. The van der Waals surface area contributed by atoms with Gasteiger partial charge in [0.05, 0.1) is 6.54 Å². The molecule has 0 N–H and O–H groups in total. The molecule has 24 heavy (non-hydrogen) atoms. The fourth-order valence-electron chi connectivity index (χ4n) is 2.83. The second kappa shape index (κ2) is 7.67. The van der Waals surface area contributed by atoms with Gasteiger partial charge >= 0.3 is 0 Å². The average molecular weight is 333 g/mol. The van der Waals surface area contributed by atoms with Gasteiger partial charge in [-0.3, -0.25) is 9.69 Å². The smallest absolute Gasteiger partial charge is 0.236 e. The minimum absolute atomic E-state index is 0.152. The van der Waals surface area contributed by atoms with Gasteiger partial charge in [0.15, 0.2) is 5.89 Å². The van der Waals surface area contributed by atoms with Crippen molar-refractivity contribution in [1.82, 2.24) is 14.8 Å². The summed E-state index contributed by atoms with van der Waals surface area (Å²) in [5.41, 5.74) is 0.317. The van der Waals surface area contributed by atoms with E-state index in [4.69, 9.17) is 9.68 Å². The Hall–Kier alpha value is -2.07. The van der Waals surface area contributed by atoms with Gasteiger partial charge in [-0.2, -0.15) is 5.26 Å². The van der Waals surface area contributed by atoms with Gasteiger partial charge in [-0.25, -0.2) is 4.98 Å². The Morgan fingerprint density at radius 3 is 2.50 bits per heavy atom. The van der Waals surface area contributed by atoms with Crippen LogP contribution in [0, 0.1) is 24.2 Å². The maximum atomic E-state index is 12.5. The summed E-state index contributed by atoms with van der Waals surface area (Å²) in [6.07, 6.45) is 0. The third kappa shape index (κ3) is 4.06. The summed E-state index contributed by atoms with van der Waals surface area (Å²) >= 11 is 0. The van der Waals surface area contributed by atoms with E-state index in [9.17, 15) is 4.79 Å². The first-order valence-electron chi connectivity index (χ1n) is 8.44. The summed E-state index contributed by atoms with van der Waals surface area (Å²) in [7, 11) is 2.00. The minimum Gasteiger partial charge on any atom is -0.424 e. The second-order valence-corrected chi connectivity index (χ2v) is 6.77. The zero-order valence-electron chi connectivity index (χ0n) is 15.2. The maximum absolute atomic E-state index is 12.5. The fourth-order valence-corrected chi connectivity index (χ4v) is 2.83. The molecule has 0 aromatic carbocycles. The van der Waals surface area contributed by atoms with Crippen LogP contribution in [0.5, 0.6) is 0 Å². The van der Waals surface area contributed by atoms with Crippen molar-refractivity contribution in [3.05, 3.63) is 11.6 Å². The molecule has 1 aromatic heterocycles. The van der Waals surface area contributed by atoms with Gasteiger partial charge < -0.3 is 14.2 Å². The number of hydrogen-bond acceptors (Lipinski definition) is 6. The molecule has 1 amide bonds. The molecule has 1 unspecified atom stereocenters. The summed E-state index contributed by atoms with van der Waals surface area (Å²) in [4.78, 5) is 22.5. The lowest BCUT2D eigenvalue weighted by molar-refractivity contribution is -0.133. The molecule has 7 heteroatoms. The van der Waals surface area contributed by atoms with Crippen molar-refractivity contribution in [3.63, 3.8) is 0 Å². The van der Waals surface area contributed by atoms with E-state index < -0.39 is 0 Å². The highest BCUT2D eigenvalue weighted by Crippen LogP contribution is 2.22. The number of carbonyl (C=O) groups is 1. The molecule has 0 aliphatic carbocycles. The van der Waals surface area contributed by atoms with Crippen molar-refractivity contribution in [3.8, 4) is 6.07 Å². The Morgan fingerprint density at radius 1 is 1.33 bits per heavy atom. The van der Waals surface area contributed by atoms with Crippen molar-refractivity contribution in [2.75, 3.05) is 44.7 Å². The van der Waals surface area contributed by atoms with Crippen molar-refractivity contribution < 1.29 is 9.21 Å². The topological polar surface area (TPSA) is 76.6 Å². The molecule has 1 aromatic rings. The number of piperazine rings is 1. The monoisotopic (exact) mass is 333 g/mol. The summed E-state index contributed by atoms with van der Waals surface area (Å²) in [6, 6.07) is 2.43. The van der Waals surface area contributed by atoms with Crippen LogP contribution >= 0.6 is 0 Å². The van der Waals surface area contributed by atoms with Gasteiger partial charge in [0.1, 0.15) is 6.07 Å². The first-order valence-corrected chi connectivity index (χ1v) is 8.44. The molecule has 132 valence electrons. The normalized spacial score (nSPS) is 16.6. The van der Waals surface area contributed by atoms with Gasteiger partial charge in [0.25, 0.3) is 0 Å². The zero-order valence-corrected chi connectivity index (χ0v) is 15.2. The predicted molar refractivity (Wildman–Crippen MR) is 91.7 cm³/mol. The molecule has 1 aliphatic rings. The van der Waals surface area contributed by atoms with Gasteiger partial charge in [0.2, 0.25) is 17.5 Å². The lowest BCUT2D eigenvalue weighted by Crippen LogP contribution is -2.52. The van der Waals surface area contributed by atoms with Crippen LogP contribution in [0.2, 0.25) is 0 Å². The van der Waals surface area contributed by atoms with Crippen LogP contribution in [0.25, 0.3) is 0 Å². The van der Waals surface area contributed by atoms with Gasteiger partial charge in [-0.15, -0.1) is 0 Å². The molecule has 0 saturated carbocycles. The number of nitriles is 1. The molecule has 2 rings (SSSR count). The summed E-state index contributed by atoms with van der Waals surface area (Å²) < 4.78 is 5.54. The molecule has 7 nitrogen and oxygen atoms in total. The Labute approximate surface area is 143 Å². The highest BCUT2D eigenvalue weighted by Gasteiger charge is 2.27. The third-order valence-electron chi connectivity index (χ3n) is 4.79. The van der Waals surface area contributed by atoms with Crippen molar-refractivity contribution in [2.45, 2.75) is 33.7 Å². The quantitative estimate of drug-likeness (QED) is 0.812. The van der Waals surface area contributed by atoms with Crippen LogP contribution in [0.15, 0.2) is 4.42 Å². The van der Waals surface area contributed by atoms with Crippen LogP contribution in [0.4, 0.5) is 5.88 Å². The van der Waals surface area contributed by atoms with E-state index in [1.807, 2.05) is 16.8 Å². The maximum Gasteiger partial charge on any atom is 0.236 e. The second-order valence-electron chi connectivity index (χ2n) is 6.77. The lowest BCUT2D eigenvalue weighted by Gasteiger charge is -2.36. The standard InChI is InChI=1S/C17H27N5O2/c1-12(2)13(3)20(5)11-16(23)21-6-8-22(9-7-21)17-15(10-18)19-14(4)24-17/h12-13H,6-9,11H2,1-5H3. The first kappa shape index (κ1) is 18.3. The number of oxazole rings is 1. The molecule has 1 fully saturated rings. The van der Waals surface area contributed by atoms with Crippen LogP contribution < -0.4 is 4.90 Å². The highest BCUT2D eigenvalue weighted by atomic mass is 16.4. The number of rotatable bonds is 5. The molecule has 2 heterocycles. The number of carbonyl (C=O) groups excluding carboxylic acids is 1. The molecule has 1 saturated heterocycles. The zero-order chi connectivity index (χ0) is 17.9. The van der Waals surface area contributed by atoms with Crippen LogP contribution in [-0.2, 0) is 4.79 Å². The van der Waals surface area contributed by atoms with Crippen LogP contribution in [0.3, 0.4) is 0 Å². The SMILES string of the molecule is Cc1nc(C#N)c(N2CCN(C(=O)CN(C)C(C)C(C)C)CC2)o1. The molecular weight excluding hydrogens is 306 g/mol. The van der Waals surface area contributed by atoms with E-state index in [-0.39, 0.29) is 5.91 Å². The number of hydrogen-bond donors (Lipinski definition) is 0. The van der Waals surface area contributed by atoms with Gasteiger partial charge in [0, 0.05) is 39.1 Å². The number of aryl methyl sites for hydroxylation is 1. The Morgan fingerprint density at radius 2 is 1.96 bits per heavy atom. The van der Waals surface area contributed by atoms with E-state index in [2.05, 4.69) is 36.7 Å². The van der Waals surface area contributed by atoms with E-state index in [0.717, 1.165) is 0 Å². The van der Waals surface area contributed by atoms with Crippen molar-refractivity contribution in [2.24, 2.45) is 5.92 Å². The van der Waals surface area contributed by atoms with E-state index in [1.165, 1.54) is 0 Å². The lowest BCUT2D eigenvalue weighted by atomic mass is 10.1. The Kier molecular flexibility index (Phi) is 5.84. The van der Waals surface area contributed by atoms with E-state index in [1.54, 1.807) is 6.92 Å². The van der Waals surface area contributed by atoms with Crippen LogP contribution in [-0.4, -0.2) is 66.5 Å². The van der Waals surface area contributed by atoms with Gasteiger partial charge in [-0.05, 0) is 19.9 Å². The van der Waals surface area contributed by atoms with E-state index >= 15 is 0 Å². The highest BCUT2D eigenvalue weighted by molar-refractivity contribution is 5.78. The molecule has 1 aliphatic heterocycles. The molecule has 0 spiro atoms. The molecule has 1 atom stereocenters. The van der Waals surface area contributed by atoms with Gasteiger partial charge in [-0.1, -0.05) is 13.8 Å². The number of anilines is 1. The van der Waals surface area contributed by atoms with Crippen molar-refractivity contribution in [1.29, 1.82) is 5.26 Å². The average Bonchev–Trinajstić information content (AvgIpc) is 2.94. The minimum atomic E-state index is 0.152. The predicted octanol–water partition coefficient (Wildman–Crippen LogP) is 1.48. The summed E-state index contributed by atoms with van der Waals surface area (Å²) in [6.45, 7) is 11.2. The largest absolute Gasteiger partial charge is 0.424 e. The summed E-state index contributed by atoms with van der Waals surface area (Å²) in [5, 5.41) is 9.13. The number of likely N-dealkylation sites (N-methyl/N-ethyl adjacent to an activating group) is 1. The van der Waals surface area contributed by atoms with Crippen molar-refractivity contribution >= 4 is 11.8 Å². The number of amides is 1. The molecule has 0 radical (unpaired) electrons.